The minimum absolute atomic E-state index is 0.516. The number of nitrogens with zero attached hydrogens (tertiary/aromatic N) is 5. The van der Waals surface area contributed by atoms with Crippen LogP contribution in [0.2, 0.25) is 5.02 Å². The summed E-state index contributed by atoms with van der Waals surface area (Å²) in [5.41, 5.74) is 1.71. The Bertz CT molecular complexity index is 1060. The lowest BCUT2D eigenvalue weighted by molar-refractivity contribution is 0.325. The van der Waals surface area contributed by atoms with Gasteiger partial charge in [-0.2, -0.15) is 4.52 Å². The molecular formula is C19H18ClN5O. The minimum Gasteiger partial charge on any atom is -0.492 e. The zero-order valence-corrected chi connectivity index (χ0v) is 15.3. The van der Waals surface area contributed by atoms with E-state index in [1.165, 1.54) is 0 Å². The number of para-hydroxylation sites is 1. The summed E-state index contributed by atoms with van der Waals surface area (Å²) in [6.45, 7) is 3.05. The summed E-state index contributed by atoms with van der Waals surface area (Å²) in [5.74, 6) is 2.24. The molecular weight excluding hydrogens is 350 g/mol. The smallest absolute Gasteiger partial charge is 0.229 e. The van der Waals surface area contributed by atoms with E-state index in [2.05, 4.69) is 10.1 Å². The van der Waals surface area contributed by atoms with E-state index in [-0.39, 0.29) is 0 Å². The van der Waals surface area contributed by atoms with Crippen molar-refractivity contribution in [3.63, 3.8) is 0 Å². The summed E-state index contributed by atoms with van der Waals surface area (Å²) in [7, 11) is 1.97. The first kappa shape index (κ1) is 16.6. The molecule has 0 fully saturated rings. The number of halogens is 1. The maximum atomic E-state index is 5.89. The van der Waals surface area contributed by atoms with Crippen LogP contribution in [-0.4, -0.2) is 39.8 Å². The third-order valence-electron chi connectivity index (χ3n) is 4.12. The quantitative estimate of drug-likeness (QED) is 0.537. The van der Waals surface area contributed by atoms with Crippen LogP contribution in [0, 0.1) is 6.92 Å². The molecule has 0 saturated heterocycles. The number of anilines is 1. The third kappa shape index (κ3) is 3.15. The number of aromatic nitrogens is 4. The van der Waals surface area contributed by atoms with Crippen LogP contribution in [0.5, 0.6) is 5.75 Å². The topological polar surface area (TPSA) is 55.5 Å². The van der Waals surface area contributed by atoms with Crippen LogP contribution in [0.4, 0.5) is 5.95 Å². The molecule has 4 rings (SSSR count). The van der Waals surface area contributed by atoms with Crippen molar-refractivity contribution >= 4 is 34.1 Å². The van der Waals surface area contributed by atoms with Crippen LogP contribution in [0.1, 0.15) is 5.82 Å². The van der Waals surface area contributed by atoms with Gasteiger partial charge in [0.2, 0.25) is 5.95 Å². The van der Waals surface area contributed by atoms with Gasteiger partial charge in [-0.25, -0.2) is 9.97 Å². The first-order valence-corrected chi connectivity index (χ1v) is 8.71. The van der Waals surface area contributed by atoms with Crippen LogP contribution < -0.4 is 9.64 Å². The fraction of sp³-hybridized carbons (Fsp3) is 0.211. The van der Waals surface area contributed by atoms with Gasteiger partial charge in [0.15, 0.2) is 5.65 Å². The number of fused-ring (bicyclic) bond motifs is 3. The fourth-order valence-electron chi connectivity index (χ4n) is 2.82. The molecule has 2 aromatic carbocycles. The Kier molecular flexibility index (Phi) is 4.34. The summed E-state index contributed by atoms with van der Waals surface area (Å²) < 4.78 is 7.58. The van der Waals surface area contributed by atoms with Crippen molar-refractivity contribution in [2.24, 2.45) is 0 Å². The molecule has 2 aromatic heterocycles. The first-order chi connectivity index (χ1) is 12.6. The van der Waals surface area contributed by atoms with Gasteiger partial charge in [0.05, 0.1) is 12.1 Å². The van der Waals surface area contributed by atoms with Crippen molar-refractivity contribution in [1.29, 1.82) is 0 Å². The summed E-state index contributed by atoms with van der Waals surface area (Å²) in [5, 5.41) is 6.19. The number of hydrogen-bond acceptors (Lipinski definition) is 5. The van der Waals surface area contributed by atoms with Crippen LogP contribution in [0.3, 0.4) is 0 Å². The highest BCUT2D eigenvalue weighted by Crippen LogP contribution is 2.22. The lowest BCUT2D eigenvalue weighted by Crippen LogP contribution is -2.27. The van der Waals surface area contributed by atoms with E-state index in [1.807, 2.05) is 67.4 Å². The highest BCUT2D eigenvalue weighted by molar-refractivity contribution is 6.30. The van der Waals surface area contributed by atoms with Crippen LogP contribution in [-0.2, 0) is 0 Å². The van der Waals surface area contributed by atoms with E-state index >= 15 is 0 Å². The van der Waals surface area contributed by atoms with Crippen molar-refractivity contribution in [2.75, 3.05) is 25.1 Å². The third-order valence-corrected chi connectivity index (χ3v) is 4.37. The molecule has 132 valence electrons. The number of ether oxygens (including phenoxy) is 1. The average Bonchev–Trinajstić information content (AvgIpc) is 3.04. The molecule has 0 bridgehead atoms. The Labute approximate surface area is 156 Å². The molecule has 0 aliphatic heterocycles. The molecule has 7 heteroatoms. The highest BCUT2D eigenvalue weighted by atomic mass is 35.5. The van der Waals surface area contributed by atoms with Crippen molar-refractivity contribution < 1.29 is 4.74 Å². The van der Waals surface area contributed by atoms with Crippen LogP contribution >= 0.6 is 11.6 Å². The second-order valence-electron chi connectivity index (χ2n) is 6.05. The molecule has 6 nitrogen and oxygen atoms in total. The van der Waals surface area contributed by atoms with E-state index in [9.17, 15) is 0 Å². The SMILES string of the molecule is Cc1nc2c3ccccc3nc(N(C)CCOc3ccc(Cl)cc3)n2n1. The Hall–Kier alpha value is -2.86. The van der Waals surface area contributed by atoms with Gasteiger partial charge >= 0.3 is 0 Å². The van der Waals surface area contributed by atoms with Gasteiger partial charge in [0.25, 0.3) is 0 Å². The fourth-order valence-corrected chi connectivity index (χ4v) is 2.95. The Balaban J connectivity index is 1.59. The largest absolute Gasteiger partial charge is 0.492 e. The molecule has 0 amide bonds. The zero-order valence-electron chi connectivity index (χ0n) is 14.6. The van der Waals surface area contributed by atoms with E-state index in [4.69, 9.17) is 21.3 Å². The molecule has 0 atom stereocenters. The molecule has 0 spiro atoms. The van der Waals surface area contributed by atoms with Gasteiger partial charge in [-0.05, 0) is 43.3 Å². The van der Waals surface area contributed by atoms with Crippen molar-refractivity contribution in [1.82, 2.24) is 19.6 Å². The Morgan fingerprint density at radius 3 is 2.65 bits per heavy atom. The molecule has 0 unspecified atom stereocenters. The van der Waals surface area contributed by atoms with Gasteiger partial charge in [0, 0.05) is 17.5 Å². The number of benzene rings is 2. The van der Waals surface area contributed by atoms with Crippen LogP contribution in [0.15, 0.2) is 48.5 Å². The molecule has 2 heterocycles. The van der Waals surface area contributed by atoms with Gasteiger partial charge in [0.1, 0.15) is 18.2 Å². The second kappa shape index (κ2) is 6.80. The lowest BCUT2D eigenvalue weighted by Gasteiger charge is -2.19. The van der Waals surface area contributed by atoms with Crippen molar-refractivity contribution in [3.8, 4) is 5.75 Å². The predicted octanol–water partition coefficient (Wildman–Crippen LogP) is 3.75. The molecule has 0 aliphatic rings. The van der Waals surface area contributed by atoms with Crippen molar-refractivity contribution in [3.05, 3.63) is 59.4 Å². The maximum Gasteiger partial charge on any atom is 0.229 e. The van der Waals surface area contributed by atoms with E-state index < -0.39 is 0 Å². The summed E-state index contributed by atoms with van der Waals surface area (Å²) in [4.78, 5) is 11.3. The highest BCUT2D eigenvalue weighted by Gasteiger charge is 2.14. The van der Waals surface area contributed by atoms with E-state index in [0.29, 0.717) is 18.2 Å². The van der Waals surface area contributed by atoms with Crippen molar-refractivity contribution in [2.45, 2.75) is 6.92 Å². The predicted molar refractivity (Wildman–Crippen MR) is 103 cm³/mol. The van der Waals surface area contributed by atoms with Gasteiger partial charge < -0.3 is 9.64 Å². The molecule has 0 saturated carbocycles. The number of aryl methyl sites for hydroxylation is 1. The molecule has 0 radical (unpaired) electrons. The zero-order chi connectivity index (χ0) is 18.1. The average molecular weight is 368 g/mol. The lowest BCUT2D eigenvalue weighted by atomic mass is 10.2. The number of rotatable bonds is 5. The van der Waals surface area contributed by atoms with Gasteiger partial charge in [-0.15, -0.1) is 5.10 Å². The van der Waals surface area contributed by atoms with E-state index in [0.717, 1.165) is 34.1 Å². The van der Waals surface area contributed by atoms with Gasteiger partial charge in [-0.3, -0.25) is 0 Å². The normalized spacial score (nSPS) is 11.2. The molecule has 26 heavy (non-hydrogen) atoms. The summed E-state index contributed by atoms with van der Waals surface area (Å²) in [6.07, 6.45) is 0. The molecule has 4 aromatic rings. The first-order valence-electron chi connectivity index (χ1n) is 8.33. The van der Waals surface area contributed by atoms with Gasteiger partial charge in [-0.1, -0.05) is 23.7 Å². The van der Waals surface area contributed by atoms with E-state index in [1.54, 1.807) is 4.52 Å². The molecule has 0 N–H and O–H groups in total. The van der Waals surface area contributed by atoms with Crippen LogP contribution in [0.25, 0.3) is 16.6 Å². The minimum atomic E-state index is 0.516. The standard InChI is InChI=1S/C19H18ClN5O/c1-13-21-18-16-5-3-4-6-17(16)22-19(25(18)23-13)24(2)11-12-26-15-9-7-14(20)8-10-15/h3-10H,11-12H2,1-2H3. The summed E-state index contributed by atoms with van der Waals surface area (Å²) >= 11 is 5.89. The number of hydrogen-bond donors (Lipinski definition) is 0. The molecule has 0 aliphatic carbocycles. The Morgan fingerprint density at radius 1 is 1.08 bits per heavy atom. The maximum absolute atomic E-state index is 5.89. The second-order valence-corrected chi connectivity index (χ2v) is 6.48. The monoisotopic (exact) mass is 367 g/mol. The number of likely N-dealkylation sites (N-methyl/N-ethyl adjacent to an activating group) is 1. The summed E-state index contributed by atoms with van der Waals surface area (Å²) in [6, 6.07) is 15.3. The Morgan fingerprint density at radius 2 is 1.85 bits per heavy atom.